The second kappa shape index (κ2) is 8.03. The van der Waals surface area contributed by atoms with Gasteiger partial charge in [0.05, 0.1) is 18.5 Å². The van der Waals surface area contributed by atoms with Gasteiger partial charge in [-0.1, -0.05) is 6.58 Å². The van der Waals surface area contributed by atoms with Gasteiger partial charge in [-0.25, -0.2) is 4.39 Å². The zero-order valence-corrected chi connectivity index (χ0v) is 17.6. The molecule has 0 amide bonds. The van der Waals surface area contributed by atoms with E-state index in [-0.39, 0.29) is 30.4 Å². The van der Waals surface area contributed by atoms with E-state index >= 15 is 0 Å². The molecule has 3 heterocycles. The topological polar surface area (TPSA) is 89.6 Å². The van der Waals surface area contributed by atoms with Crippen molar-refractivity contribution in [1.82, 2.24) is 9.88 Å². The molecule has 0 saturated carbocycles. The summed E-state index contributed by atoms with van der Waals surface area (Å²) in [5.41, 5.74) is 11.1. The quantitative estimate of drug-likeness (QED) is 0.660. The Labute approximate surface area is 179 Å². The molecule has 1 atom stereocenters. The third-order valence-electron chi connectivity index (χ3n) is 5.99. The van der Waals surface area contributed by atoms with Gasteiger partial charge >= 0.3 is 0 Å². The van der Waals surface area contributed by atoms with Crippen LogP contribution in [0.15, 0.2) is 47.0 Å². The van der Waals surface area contributed by atoms with Crippen molar-refractivity contribution >= 4 is 17.5 Å². The summed E-state index contributed by atoms with van der Waals surface area (Å²) in [7, 11) is 3.41. The van der Waals surface area contributed by atoms with Crippen molar-refractivity contribution in [1.29, 1.82) is 0 Å². The summed E-state index contributed by atoms with van der Waals surface area (Å²) in [6, 6.07) is 6.32. The van der Waals surface area contributed by atoms with Crippen LogP contribution in [0.2, 0.25) is 0 Å². The van der Waals surface area contributed by atoms with Crippen LogP contribution in [0.1, 0.15) is 28.4 Å². The van der Waals surface area contributed by atoms with Crippen molar-refractivity contribution in [3.63, 3.8) is 0 Å². The Morgan fingerprint density at radius 2 is 2.19 bits per heavy atom. The fourth-order valence-corrected chi connectivity index (χ4v) is 4.62. The van der Waals surface area contributed by atoms with E-state index < -0.39 is 0 Å². The van der Waals surface area contributed by atoms with E-state index in [0.29, 0.717) is 30.0 Å². The summed E-state index contributed by atoms with van der Waals surface area (Å²) >= 11 is 0. The Kier molecular flexibility index (Phi) is 5.41. The number of aldehydes is 1. The highest BCUT2D eigenvalue weighted by atomic mass is 19.1. The monoisotopic (exact) mass is 424 g/mol. The number of pyridine rings is 1. The number of hydrogen-bond acceptors (Lipinski definition) is 6. The van der Waals surface area contributed by atoms with Crippen LogP contribution in [0, 0.1) is 5.82 Å². The van der Waals surface area contributed by atoms with Gasteiger partial charge in [0.25, 0.3) is 5.56 Å². The third kappa shape index (κ3) is 3.42. The molecule has 2 aliphatic rings. The fourth-order valence-electron chi connectivity index (χ4n) is 4.62. The number of nitrogens with zero attached hydrogens (tertiary/aromatic N) is 2. The van der Waals surface area contributed by atoms with Crippen LogP contribution in [-0.4, -0.2) is 31.6 Å². The molecule has 2 aliphatic heterocycles. The summed E-state index contributed by atoms with van der Waals surface area (Å²) in [5.74, 6) is -0.00682. The van der Waals surface area contributed by atoms with Crippen molar-refractivity contribution in [3.8, 4) is 0 Å². The number of fused-ring (bicyclic) bond motifs is 4. The van der Waals surface area contributed by atoms with E-state index in [2.05, 4.69) is 11.9 Å². The molecule has 7 nitrogen and oxygen atoms in total. The van der Waals surface area contributed by atoms with Crippen LogP contribution in [-0.2, 0) is 29.1 Å². The first-order valence-electron chi connectivity index (χ1n) is 9.98. The molecule has 0 bridgehead atoms. The number of nitrogens with one attached hydrogen (secondary N) is 1. The van der Waals surface area contributed by atoms with Gasteiger partial charge < -0.3 is 30.0 Å². The van der Waals surface area contributed by atoms with Crippen LogP contribution in [0.5, 0.6) is 0 Å². The largest absolute Gasteiger partial charge is 0.386 e. The lowest BCUT2D eigenvalue weighted by Crippen LogP contribution is -2.32. The minimum absolute atomic E-state index is 0.129. The van der Waals surface area contributed by atoms with Crippen molar-refractivity contribution in [2.75, 3.05) is 25.6 Å². The minimum atomic E-state index is -0.336. The van der Waals surface area contributed by atoms with Gasteiger partial charge in [-0.05, 0) is 41.0 Å². The van der Waals surface area contributed by atoms with E-state index in [1.807, 2.05) is 18.0 Å². The Morgan fingerprint density at radius 1 is 1.42 bits per heavy atom. The number of benzene rings is 1. The summed E-state index contributed by atoms with van der Waals surface area (Å²) in [6.07, 6.45) is 0.915. The molecule has 0 fully saturated rings. The van der Waals surface area contributed by atoms with Gasteiger partial charge in [-0.15, -0.1) is 0 Å². The second-order valence-electron chi connectivity index (χ2n) is 7.83. The number of ether oxygens (including phenoxy) is 1. The summed E-state index contributed by atoms with van der Waals surface area (Å²) in [5, 5.41) is 3.06. The molecule has 31 heavy (non-hydrogen) atoms. The smallest absolute Gasteiger partial charge is 0.256 e. The number of halogens is 1. The van der Waals surface area contributed by atoms with E-state index in [1.165, 1.54) is 19.2 Å². The van der Waals surface area contributed by atoms with Crippen LogP contribution in [0.25, 0.3) is 5.57 Å². The first-order chi connectivity index (χ1) is 14.9. The summed E-state index contributed by atoms with van der Waals surface area (Å²) < 4.78 is 21.1. The number of likely N-dealkylation sites (N-methyl/N-ethyl adjacent to an activating group) is 1. The predicted octanol–water partition coefficient (Wildman–Crippen LogP) is 1.85. The number of hydrogen-bond donors (Lipinski definition) is 2. The molecule has 0 aliphatic carbocycles. The van der Waals surface area contributed by atoms with Gasteiger partial charge in [-0.3, -0.25) is 4.79 Å². The average molecular weight is 424 g/mol. The van der Waals surface area contributed by atoms with E-state index in [9.17, 15) is 14.0 Å². The minimum Gasteiger partial charge on any atom is -0.386 e. The van der Waals surface area contributed by atoms with Crippen molar-refractivity contribution < 1.29 is 13.9 Å². The van der Waals surface area contributed by atoms with Gasteiger partial charge in [0.15, 0.2) is 0 Å². The van der Waals surface area contributed by atoms with E-state index in [1.54, 1.807) is 10.6 Å². The first kappa shape index (κ1) is 20.9. The van der Waals surface area contributed by atoms with Crippen LogP contribution < -0.4 is 21.5 Å². The normalized spacial score (nSPS) is 16.6. The fraction of sp³-hybridized carbons (Fsp3) is 0.304. The Bertz CT molecular complexity index is 1170. The molecule has 1 aromatic carbocycles. The molecule has 8 heteroatoms. The van der Waals surface area contributed by atoms with Gasteiger partial charge in [0.1, 0.15) is 12.1 Å². The molecule has 0 radical (unpaired) electrons. The zero-order chi connectivity index (χ0) is 22.3. The average Bonchev–Trinajstić information content (AvgIpc) is 3.11. The third-order valence-corrected chi connectivity index (χ3v) is 5.99. The van der Waals surface area contributed by atoms with Gasteiger partial charge in [0, 0.05) is 56.2 Å². The number of rotatable bonds is 7. The number of carbonyl (C=O) groups excluding carboxylic acids is 1. The van der Waals surface area contributed by atoms with Crippen molar-refractivity contribution in [2.45, 2.75) is 25.6 Å². The van der Waals surface area contributed by atoms with Crippen molar-refractivity contribution in [3.05, 3.63) is 80.8 Å². The standard InChI is InChI=1S/C23H25FN4O3/c1-13(25)26-10-17-16-5-4-15(24)9-20(16)27(2)22-18(17)11-28-21(22)8-14(6-7-29)19(12-31-3)23(28)30/h4-5,7-9,22,26H,1,6,10-12,25H2,2-3H3. The number of anilines is 1. The maximum atomic E-state index is 14.1. The SMILES string of the molecule is C=C(N)NCC1=C2Cn3c(cc(CC=O)c(COC)c3=O)C2N(C)c2cc(F)ccc21. The highest BCUT2D eigenvalue weighted by molar-refractivity contribution is 5.85. The highest BCUT2D eigenvalue weighted by Crippen LogP contribution is 2.47. The number of carbonyl (C=O) groups is 1. The molecule has 1 aromatic heterocycles. The lowest BCUT2D eigenvalue weighted by molar-refractivity contribution is -0.107. The lowest BCUT2D eigenvalue weighted by Gasteiger charge is -2.36. The maximum absolute atomic E-state index is 14.1. The van der Waals surface area contributed by atoms with Crippen LogP contribution >= 0.6 is 0 Å². The highest BCUT2D eigenvalue weighted by Gasteiger charge is 2.39. The van der Waals surface area contributed by atoms with Crippen molar-refractivity contribution in [2.24, 2.45) is 5.73 Å². The van der Waals surface area contributed by atoms with Gasteiger partial charge in [-0.2, -0.15) is 0 Å². The first-order valence-corrected chi connectivity index (χ1v) is 9.98. The molecule has 162 valence electrons. The summed E-state index contributed by atoms with van der Waals surface area (Å²) in [6.45, 7) is 4.63. The summed E-state index contributed by atoms with van der Waals surface area (Å²) in [4.78, 5) is 26.5. The van der Waals surface area contributed by atoms with E-state index in [4.69, 9.17) is 10.5 Å². The predicted molar refractivity (Wildman–Crippen MR) is 117 cm³/mol. The number of nitrogens with two attached hydrogens (primary N) is 1. The molecular formula is C23H25FN4O3. The molecule has 2 aromatic rings. The Balaban J connectivity index is 1.94. The molecular weight excluding hydrogens is 399 g/mol. The molecule has 1 unspecified atom stereocenters. The Morgan fingerprint density at radius 3 is 2.87 bits per heavy atom. The van der Waals surface area contributed by atoms with Crippen LogP contribution in [0.3, 0.4) is 0 Å². The molecule has 3 N–H and O–H groups in total. The Hall–Kier alpha value is -3.39. The number of methoxy groups -OCH3 is 1. The van der Waals surface area contributed by atoms with E-state index in [0.717, 1.165) is 34.4 Å². The molecule has 0 saturated heterocycles. The van der Waals surface area contributed by atoms with Crippen LogP contribution in [0.4, 0.5) is 10.1 Å². The molecule has 0 spiro atoms. The lowest BCUT2D eigenvalue weighted by atomic mass is 9.88. The zero-order valence-electron chi connectivity index (χ0n) is 17.6. The van der Waals surface area contributed by atoms with Gasteiger partial charge in [0.2, 0.25) is 0 Å². The maximum Gasteiger partial charge on any atom is 0.256 e. The second-order valence-corrected chi connectivity index (χ2v) is 7.83. The molecule has 4 rings (SSSR count). The number of aromatic nitrogens is 1.